The van der Waals surface area contributed by atoms with Gasteiger partial charge in [-0.05, 0) is 43.0 Å². The summed E-state index contributed by atoms with van der Waals surface area (Å²) in [5, 5.41) is 0.688. The van der Waals surface area contributed by atoms with Gasteiger partial charge in [-0.15, -0.1) is 0 Å². The molecular weight excluding hydrogens is 280 g/mol. The molecule has 1 atom stereocenters. The Labute approximate surface area is 124 Å². The quantitative estimate of drug-likeness (QED) is 0.842. The molecule has 0 aromatic heterocycles. The molecule has 0 heterocycles. The Balaban J connectivity index is 2.64. The Morgan fingerprint density at radius 3 is 2.84 bits per heavy atom. The number of thioether (sulfide) groups is 1. The summed E-state index contributed by atoms with van der Waals surface area (Å²) in [5.74, 6) is 0.915. The summed E-state index contributed by atoms with van der Waals surface area (Å²) in [7, 11) is 0. The maximum Gasteiger partial charge on any atom is 0.239 e. The van der Waals surface area contributed by atoms with E-state index < -0.39 is 6.04 Å². The molecule has 0 radical (unpaired) electrons. The van der Waals surface area contributed by atoms with Gasteiger partial charge in [-0.3, -0.25) is 4.79 Å². The first kappa shape index (κ1) is 16.3. The number of amides is 1. The van der Waals surface area contributed by atoms with Gasteiger partial charge in [0.1, 0.15) is 0 Å². The van der Waals surface area contributed by atoms with Gasteiger partial charge in [0.25, 0.3) is 0 Å². The summed E-state index contributed by atoms with van der Waals surface area (Å²) >= 11 is 7.66. The number of rotatable bonds is 7. The van der Waals surface area contributed by atoms with E-state index in [2.05, 4.69) is 0 Å². The van der Waals surface area contributed by atoms with E-state index in [1.807, 2.05) is 37.4 Å². The number of nitrogens with zero attached hydrogens (tertiary/aromatic N) is 1. The maximum atomic E-state index is 12.2. The monoisotopic (exact) mass is 300 g/mol. The molecule has 0 fully saturated rings. The standard InChI is InChI=1S/C14H21ClN2OS/c1-3-17(14(18)13(16)7-8-19-2)10-11-5-4-6-12(15)9-11/h4-6,9,13H,3,7-8,10,16H2,1-2H3/t13-/m1/s1. The lowest BCUT2D eigenvalue weighted by molar-refractivity contribution is -0.133. The zero-order valence-electron chi connectivity index (χ0n) is 11.4. The van der Waals surface area contributed by atoms with Crippen molar-refractivity contribution < 1.29 is 4.79 Å². The van der Waals surface area contributed by atoms with Crippen molar-refractivity contribution in [3.8, 4) is 0 Å². The van der Waals surface area contributed by atoms with E-state index >= 15 is 0 Å². The molecule has 0 aliphatic rings. The van der Waals surface area contributed by atoms with Gasteiger partial charge in [-0.2, -0.15) is 11.8 Å². The largest absolute Gasteiger partial charge is 0.337 e. The van der Waals surface area contributed by atoms with Crippen molar-refractivity contribution in [2.45, 2.75) is 25.9 Å². The van der Waals surface area contributed by atoms with Gasteiger partial charge >= 0.3 is 0 Å². The van der Waals surface area contributed by atoms with Crippen LogP contribution < -0.4 is 5.73 Å². The number of nitrogens with two attached hydrogens (primary N) is 1. The fourth-order valence-corrected chi connectivity index (χ4v) is 2.51. The number of benzene rings is 1. The van der Waals surface area contributed by atoms with Crippen molar-refractivity contribution in [1.82, 2.24) is 4.90 Å². The van der Waals surface area contributed by atoms with Crippen molar-refractivity contribution in [1.29, 1.82) is 0 Å². The molecule has 1 aromatic rings. The van der Waals surface area contributed by atoms with E-state index in [1.54, 1.807) is 16.7 Å². The zero-order chi connectivity index (χ0) is 14.3. The fraction of sp³-hybridized carbons (Fsp3) is 0.500. The van der Waals surface area contributed by atoms with Gasteiger partial charge in [0.05, 0.1) is 6.04 Å². The van der Waals surface area contributed by atoms with Crippen LogP contribution in [-0.4, -0.2) is 35.4 Å². The Morgan fingerprint density at radius 1 is 1.53 bits per heavy atom. The highest BCUT2D eigenvalue weighted by molar-refractivity contribution is 7.98. The summed E-state index contributed by atoms with van der Waals surface area (Å²) in [6.07, 6.45) is 2.73. The van der Waals surface area contributed by atoms with Gasteiger partial charge < -0.3 is 10.6 Å². The molecule has 0 bridgehead atoms. The lowest BCUT2D eigenvalue weighted by Crippen LogP contribution is -2.43. The first-order valence-electron chi connectivity index (χ1n) is 6.36. The van der Waals surface area contributed by atoms with Gasteiger partial charge in [0, 0.05) is 18.1 Å². The molecule has 1 aromatic carbocycles. The second kappa shape index (κ2) is 8.46. The molecule has 0 saturated heterocycles. The first-order valence-corrected chi connectivity index (χ1v) is 8.13. The third-order valence-electron chi connectivity index (χ3n) is 2.91. The van der Waals surface area contributed by atoms with Crippen molar-refractivity contribution in [3.05, 3.63) is 34.9 Å². The predicted octanol–water partition coefficient (Wildman–Crippen LogP) is 2.77. The van der Waals surface area contributed by atoms with E-state index in [0.29, 0.717) is 24.5 Å². The molecule has 1 amide bonds. The van der Waals surface area contributed by atoms with Gasteiger partial charge in [0.2, 0.25) is 5.91 Å². The minimum Gasteiger partial charge on any atom is -0.337 e. The highest BCUT2D eigenvalue weighted by Gasteiger charge is 2.19. The van der Waals surface area contributed by atoms with Gasteiger partial charge in [-0.25, -0.2) is 0 Å². The molecular formula is C14H21ClN2OS. The van der Waals surface area contributed by atoms with Crippen LogP contribution in [0.1, 0.15) is 18.9 Å². The van der Waals surface area contributed by atoms with E-state index in [4.69, 9.17) is 17.3 Å². The second-order valence-electron chi connectivity index (χ2n) is 4.37. The van der Waals surface area contributed by atoms with Gasteiger partial charge in [0.15, 0.2) is 0 Å². The number of hydrogen-bond acceptors (Lipinski definition) is 3. The van der Waals surface area contributed by atoms with E-state index in [9.17, 15) is 4.79 Å². The van der Waals surface area contributed by atoms with Crippen LogP contribution in [0.15, 0.2) is 24.3 Å². The lowest BCUT2D eigenvalue weighted by Gasteiger charge is -2.24. The molecule has 3 nitrogen and oxygen atoms in total. The number of carbonyl (C=O) groups excluding carboxylic acids is 1. The average molecular weight is 301 g/mol. The van der Waals surface area contributed by atoms with Crippen molar-refractivity contribution in [2.24, 2.45) is 5.73 Å². The Morgan fingerprint density at radius 2 is 2.26 bits per heavy atom. The molecule has 19 heavy (non-hydrogen) atoms. The molecule has 106 valence electrons. The van der Waals surface area contributed by atoms with Crippen LogP contribution in [0.4, 0.5) is 0 Å². The molecule has 0 aliphatic carbocycles. The van der Waals surface area contributed by atoms with E-state index in [-0.39, 0.29) is 5.91 Å². The van der Waals surface area contributed by atoms with Gasteiger partial charge in [-0.1, -0.05) is 23.7 Å². The Kier molecular flexibility index (Phi) is 7.28. The molecule has 1 rings (SSSR count). The number of halogens is 1. The van der Waals surface area contributed by atoms with Crippen molar-refractivity contribution in [2.75, 3.05) is 18.6 Å². The number of carbonyl (C=O) groups is 1. The normalized spacial score (nSPS) is 12.2. The molecule has 0 unspecified atom stereocenters. The topological polar surface area (TPSA) is 46.3 Å². The Hall–Kier alpha value is -0.710. The maximum absolute atomic E-state index is 12.2. The molecule has 0 saturated carbocycles. The highest BCUT2D eigenvalue weighted by atomic mass is 35.5. The fourth-order valence-electron chi connectivity index (χ4n) is 1.80. The van der Waals surface area contributed by atoms with Crippen LogP contribution in [0.2, 0.25) is 5.02 Å². The van der Waals surface area contributed by atoms with Crippen molar-refractivity contribution in [3.63, 3.8) is 0 Å². The van der Waals surface area contributed by atoms with E-state index in [1.165, 1.54) is 0 Å². The SMILES string of the molecule is CCN(Cc1cccc(Cl)c1)C(=O)[C@H](N)CCSC. The van der Waals surface area contributed by atoms with Crippen molar-refractivity contribution >= 4 is 29.3 Å². The van der Waals surface area contributed by atoms with E-state index in [0.717, 1.165) is 11.3 Å². The minimum atomic E-state index is -0.411. The highest BCUT2D eigenvalue weighted by Crippen LogP contribution is 2.13. The average Bonchev–Trinajstić information content (AvgIpc) is 2.41. The molecule has 5 heteroatoms. The predicted molar refractivity (Wildman–Crippen MR) is 83.5 cm³/mol. The second-order valence-corrected chi connectivity index (χ2v) is 5.79. The van der Waals surface area contributed by atoms with Crippen LogP contribution in [0.5, 0.6) is 0 Å². The molecule has 0 spiro atoms. The third-order valence-corrected chi connectivity index (χ3v) is 3.79. The summed E-state index contributed by atoms with van der Waals surface area (Å²) in [6, 6.07) is 7.16. The lowest BCUT2D eigenvalue weighted by atomic mass is 10.1. The molecule has 2 N–H and O–H groups in total. The van der Waals surface area contributed by atoms with Crippen LogP contribution in [0, 0.1) is 0 Å². The summed E-state index contributed by atoms with van der Waals surface area (Å²) in [4.78, 5) is 14.0. The summed E-state index contributed by atoms with van der Waals surface area (Å²) < 4.78 is 0. The first-order chi connectivity index (χ1) is 9.08. The minimum absolute atomic E-state index is 0.0107. The van der Waals surface area contributed by atoms with Crippen LogP contribution in [0.25, 0.3) is 0 Å². The van der Waals surface area contributed by atoms with Crippen LogP contribution in [-0.2, 0) is 11.3 Å². The third kappa shape index (κ3) is 5.43. The van der Waals surface area contributed by atoms with Crippen LogP contribution in [0.3, 0.4) is 0 Å². The number of hydrogen-bond donors (Lipinski definition) is 1. The summed E-state index contributed by atoms with van der Waals surface area (Å²) in [6.45, 7) is 3.17. The molecule has 0 aliphatic heterocycles. The summed E-state index contributed by atoms with van der Waals surface area (Å²) in [5.41, 5.74) is 6.96. The smallest absolute Gasteiger partial charge is 0.239 e. The zero-order valence-corrected chi connectivity index (χ0v) is 13.0. The number of likely N-dealkylation sites (N-methyl/N-ethyl adjacent to an activating group) is 1. The Bertz CT molecular complexity index is 414. The van der Waals surface area contributed by atoms with Crippen LogP contribution >= 0.6 is 23.4 Å².